The summed E-state index contributed by atoms with van der Waals surface area (Å²) in [6.07, 6.45) is 0. The van der Waals surface area contributed by atoms with Crippen LogP contribution in [0.3, 0.4) is 0 Å². The number of nitrogens with two attached hydrogens (primary N) is 1. The number of nitrogens with zero attached hydrogens (tertiary/aromatic N) is 2. The van der Waals surface area contributed by atoms with E-state index in [0.29, 0.717) is 11.6 Å². The van der Waals surface area contributed by atoms with Crippen molar-refractivity contribution in [3.05, 3.63) is 42.0 Å². The maximum absolute atomic E-state index is 8.85. The molecule has 1 unspecified atom stereocenters. The second-order valence-electron chi connectivity index (χ2n) is 3.44. The van der Waals surface area contributed by atoms with Crippen molar-refractivity contribution in [2.75, 3.05) is 6.61 Å². The van der Waals surface area contributed by atoms with Crippen molar-refractivity contribution in [2.24, 2.45) is 5.73 Å². The van der Waals surface area contributed by atoms with Crippen molar-refractivity contribution < 1.29 is 9.63 Å². The van der Waals surface area contributed by atoms with Gasteiger partial charge in [-0.25, -0.2) is 0 Å². The zero-order chi connectivity index (χ0) is 12.1. The summed E-state index contributed by atoms with van der Waals surface area (Å²) in [5.41, 5.74) is 5.56. The Bertz CT molecular complexity index is 461. The third kappa shape index (κ3) is 3.29. The molecule has 0 spiro atoms. The summed E-state index contributed by atoms with van der Waals surface area (Å²) < 4.78 is 4.95. The summed E-state index contributed by atoms with van der Waals surface area (Å²) in [5, 5.41) is 12.6. The Morgan fingerprint density at radius 3 is 2.82 bits per heavy atom. The molecule has 1 aromatic heterocycles. The fourth-order valence-corrected chi connectivity index (χ4v) is 1.98. The van der Waals surface area contributed by atoms with Crippen molar-refractivity contribution >= 4 is 11.8 Å². The Labute approximate surface area is 103 Å². The van der Waals surface area contributed by atoms with E-state index in [9.17, 15) is 0 Å². The zero-order valence-corrected chi connectivity index (χ0v) is 9.93. The van der Waals surface area contributed by atoms with Crippen LogP contribution < -0.4 is 5.73 Å². The fraction of sp³-hybridized carbons (Fsp3) is 0.273. The molecule has 0 aliphatic carbocycles. The molecule has 0 amide bonds. The van der Waals surface area contributed by atoms with Gasteiger partial charge in [-0.2, -0.15) is 4.98 Å². The summed E-state index contributed by atoms with van der Waals surface area (Å²) in [7, 11) is 0. The molecule has 1 atom stereocenters. The average Bonchev–Trinajstić information content (AvgIpc) is 2.85. The Morgan fingerprint density at radius 2 is 2.12 bits per heavy atom. The number of hydrogen-bond acceptors (Lipinski definition) is 6. The van der Waals surface area contributed by atoms with Gasteiger partial charge in [-0.3, -0.25) is 0 Å². The highest BCUT2D eigenvalue weighted by molar-refractivity contribution is 7.98. The van der Waals surface area contributed by atoms with Crippen molar-refractivity contribution in [1.29, 1.82) is 0 Å². The lowest BCUT2D eigenvalue weighted by Gasteiger charge is -1.98. The van der Waals surface area contributed by atoms with Crippen LogP contribution in [0.5, 0.6) is 0 Å². The molecule has 1 aromatic carbocycles. The van der Waals surface area contributed by atoms with Crippen molar-refractivity contribution in [2.45, 2.75) is 16.7 Å². The summed E-state index contributed by atoms with van der Waals surface area (Å²) in [4.78, 5) is 5.26. The Hall–Kier alpha value is -1.37. The number of hydrogen-bond donors (Lipinski definition) is 2. The number of rotatable bonds is 5. The maximum Gasteiger partial charge on any atom is 0.245 e. The van der Waals surface area contributed by atoms with Crippen molar-refractivity contribution in [3.8, 4) is 0 Å². The third-order valence-electron chi connectivity index (χ3n) is 2.11. The fourth-order valence-electron chi connectivity index (χ4n) is 1.22. The molecule has 0 fully saturated rings. The zero-order valence-electron chi connectivity index (χ0n) is 9.11. The van der Waals surface area contributed by atoms with Crippen LogP contribution in [0.15, 0.2) is 39.8 Å². The monoisotopic (exact) mass is 251 g/mol. The average molecular weight is 251 g/mol. The highest BCUT2D eigenvalue weighted by Crippen LogP contribution is 2.21. The summed E-state index contributed by atoms with van der Waals surface area (Å²) in [5.74, 6) is 1.47. The van der Waals surface area contributed by atoms with Gasteiger partial charge in [0.25, 0.3) is 0 Å². The van der Waals surface area contributed by atoms with Gasteiger partial charge in [-0.1, -0.05) is 23.4 Å². The van der Waals surface area contributed by atoms with Gasteiger partial charge in [0, 0.05) is 4.90 Å². The van der Waals surface area contributed by atoms with Crippen molar-refractivity contribution in [3.63, 3.8) is 0 Å². The minimum Gasteiger partial charge on any atom is -0.394 e. The van der Waals surface area contributed by atoms with Gasteiger partial charge < -0.3 is 15.4 Å². The SMILES string of the molecule is NC(CO)c1nc(CSc2ccccc2)no1. The first-order valence-electron chi connectivity index (χ1n) is 5.16. The van der Waals surface area contributed by atoms with E-state index >= 15 is 0 Å². The van der Waals surface area contributed by atoms with E-state index in [1.54, 1.807) is 11.8 Å². The van der Waals surface area contributed by atoms with E-state index < -0.39 is 6.04 Å². The normalized spacial score (nSPS) is 12.6. The molecule has 0 radical (unpaired) electrons. The van der Waals surface area contributed by atoms with E-state index in [1.165, 1.54) is 0 Å². The molecule has 0 aliphatic rings. The van der Waals surface area contributed by atoms with Crippen LogP contribution in [0, 0.1) is 0 Å². The lowest BCUT2D eigenvalue weighted by molar-refractivity contribution is 0.236. The first kappa shape index (κ1) is 12.1. The molecular formula is C11H13N3O2S. The minimum atomic E-state index is -0.599. The second kappa shape index (κ2) is 5.81. The van der Waals surface area contributed by atoms with Gasteiger partial charge in [0.15, 0.2) is 5.82 Å². The van der Waals surface area contributed by atoms with E-state index in [4.69, 9.17) is 15.4 Å². The lowest BCUT2D eigenvalue weighted by Crippen LogP contribution is -2.14. The summed E-state index contributed by atoms with van der Waals surface area (Å²) in [6, 6.07) is 9.36. The number of aliphatic hydroxyl groups excluding tert-OH is 1. The van der Waals surface area contributed by atoms with Gasteiger partial charge in [0.2, 0.25) is 5.89 Å². The predicted molar refractivity (Wildman–Crippen MR) is 64.3 cm³/mol. The summed E-state index contributed by atoms with van der Waals surface area (Å²) in [6.45, 7) is -0.201. The second-order valence-corrected chi connectivity index (χ2v) is 4.49. The maximum atomic E-state index is 8.85. The standard InChI is InChI=1S/C11H13N3O2S/c12-9(6-15)11-13-10(14-16-11)7-17-8-4-2-1-3-5-8/h1-5,9,15H,6-7,12H2. The summed E-state index contributed by atoms with van der Waals surface area (Å²) >= 11 is 1.62. The van der Waals surface area contributed by atoms with Gasteiger partial charge in [0.05, 0.1) is 12.4 Å². The minimum absolute atomic E-state index is 0.201. The molecule has 6 heteroatoms. The molecule has 0 bridgehead atoms. The topological polar surface area (TPSA) is 85.2 Å². The van der Waals surface area contributed by atoms with Crippen molar-refractivity contribution in [1.82, 2.24) is 10.1 Å². The molecule has 2 aromatic rings. The molecule has 0 aliphatic heterocycles. The molecular weight excluding hydrogens is 238 g/mol. The van der Waals surface area contributed by atoms with E-state index in [-0.39, 0.29) is 12.5 Å². The highest BCUT2D eigenvalue weighted by atomic mass is 32.2. The van der Waals surface area contributed by atoms with Crippen LogP contribution >= 0.6 is 11.8 Å². The highest BCUT2D eigenvalue weighted by Gasteiger charge is 2.13. The van der Waals surface area contributed by atoms with Crippen LogP contribution in [0.4, 0.5) is 0 Å². The predicted octanol–water partition coefficient (Wildman–Crippen LogP) is 1.35. The Morgan fingerprint density at radius 1 is 1.35 bits per heavy atom. The Balaban J connectivity index is 1.94. The molecule has 5 nitrogen and oxygen atoms in total. The third-order valence-corrected chi connectivity index (χ3v) is 3.12. The number of benzene rings is 1. The molecule has 3 N–H and O–H groups in total. The molecule has 2 rings (SSSR count). The van der Waals surface area contributed by atoms with E-state index in [0.717, 1.165) is 4.90 Å². The molecule has 90 valence electrons. The Kier molecular flexibility index (Phi) is 4.13. The van der Waals surface area contributed by atoms with Crippen LogP contribution in [0.1, 0.15) is 17.8 Å². The van der Waals surface area contributed by atoms with E-state index in [1.807, 2.05) is 30.3 Å². The van der Waals surface area contributed by atoms with Crippen LogP contribution in [0.25, 0.3) is 0 Å². The van der Waals surface area contributed by atoms with Gasteiger partial charge in [0.1, 0.15) is 6.04 Å². The molecule has 0 saturated heterocycles. The first-order chi connectivity index (χ1) is 8.29. The number of thioether (sulfide) groups is 1. The van der Waals surface area contributed by atoms with Gasteiger partial charge in [-0.15, -0.1) is 11.8 Å². The smallest absolute Gasteiger partial charge is 0.245 e. The lowest BCUT2D eigenvalue weighted by atomic mass is 10.3. The largest absolute Gasteiger partial charge is 0.394 e. The number of aliphatic hydroxyl groups is 1. The molecule has 17 heavy (non-hydrogen) atoms. The molecule has 0 saturated carbocycles. The first-order valence-corrected chi connectivity index (χ1v) is 6.15. The van der Waals surface area contributed by atoms with E-state index in [2.05, 4.69) is 10.1 Å². The van der Waals surface area contributed by atoms with Gasteiger partial charge in [-0.05, 0) is 12.1 Å². The number of aromatic nitrogens is 2. The van der Waals surface area contributed by atoms with Gasteiger partial charge >= 0.3 is 0 Å². The molecule has 1 heterocycles. The van der Waals surface area contributed by atoms with Crippen LogP contribution in [-0.2, 0) is 5.75 Å². The van der Waals surface area contributed by atoms with Crippen LogP contribution in [0.2, 0.25) is 0 Å². The van der Waals surface area contributed by atoms with Crippen LogP contribution in [-0.4, -0.2) is 21.9 Å². The quantitative estimate of drug-likeness (QED) is 0.780.